The first-order chi connectivity index (χ1) is 15.9. The van der Waals surface area contributed by atoms with Gasteiger partial charge in [0, 0.05) is 35.6 Å². The van der Waals surface area contributed by atoms with Crippen LogP contribution in [-0.2, 0) is 21.4 Å². The first-order valence-corrected chi connectivity index (χ1v) is 13.3. The molecule has 1 fully saturated rings. The highest BCUT2D eigenvalue weighted by Crippen LogP contribution is 2.34. The molecule has 1 aromatic heterocycles. The van der Waals surface area contributed by atoms with Crippen molar-refractivity contribution in [1.29, 1.82) is 0 Å². The van der Waals surface area contributed by atoms with Crippen LogP contribution in [0.4, 0.5) is 5.69 Å². The molecule has 4 rings (SSSR count). The molecule has 0 radical (unpaired) electrons. The summed E-state index contributed by atoms with van der Waals surface area (Å²) in [4.78, 5) is 15.4. The minimum Gasteiger partial charge on any atom is -0.325 e. The van der Waals surface area contributed by atoms with E-state index in [9.17, 15) is 13.2 Å². The van der Waals surface area contributed by atoms with E-state index in [1.165, 1.54) is 4.31 Å². The first kappa shape index (κ1) is 23.5. The SMILES string of the molecule is CCn1cc(S(=O)(=O)N2CCC[C@H](C(=O)Nc3ccccc3Sc3ccccc3)C2)c(C)n1. The van der Waals surface area contributed by atoms with E-state index in [-0.39, 0.29) is 17.3 Å². The molecule has 1 saturated heterocycles. The first-order valence-electron chi connectivity index (χ1n) is 11.1. The van der Waals surface area contributed by atoms with Crippen molar-refractivity contribution in [3.8, 4) is 0 Å². The number of benzene rings is 2. The topological polar surface area (TPSA) is 84.3 Å². The van der Waals surface area contributed by atoms with Crippen molar-refractivity contribution in [2.45, 2.75) is 47.9 Å². The predicted octanol–water partition coefficient (Wildman–Crippen LogP) is 4.40. The monoisotopic (exact) mass is 484 g/mol. The van der Waals surface area contributed by atoms with Gasteiger partial charge in [0.2, 0.25) is 15.9 Å². The molecule has 1 atom stereocenters. The van der Waals surface area contributed by atoms with Crippen molar-refractivity contribution in [1.82, 2.24) is 14.1 Å². The largest absolute Gasteiger partial charge is 0.325 e. The van der Waals surface area contributed by atoms with Gasteiger partial charge in [-0.15, -0.1) is 0 Å². The second-order valence-corrected chi connectivity index (χ2v) is 11.1. The van der Waals surface area contributed by atoms with Gasteiger partial charge >= 0.3 is 0 Å². The number of amides is 1. The van der Waals surface area contributed by atoms with Crippen molar-refractivity contribution in [2.24, 2.45) is 5.92 Å². The average molecular weight is 485 g/mol. The van der Waals surface area contributed by atoms with Crippen molar-refractivity contribution in [3.05, 3.63) is 66.5 Å². The number of nitrogens with one attached hydrogen (secondary N) is 1. The van der Waals surface area contributed by atoms with E-state index in [2.05, 4.69) is 10.4 Å². The van der Waals surface area contributed by atoms with Gasteiger partial charge in [-0.25, -0.2) is 8.42 Å². The Morgan fingerprint density at radius 1 is 1.15 bits per heavy atom. The van der Waals surface area contributed by atoms with E-state index in [1.807, 2.05) is 61.5 Å². The number of nitrogens with zero attached hydrogens (tertiary/aromatic N) is 3. The maximum Gasteiger partial charge on any atom is 0.246 e. The molecule has 0 unspecified atom stereocenters. The molecular weight excluding hydrogens is 456 g/mol. The van der Waals surface area contributed by atoms with E-state index >= 15 is 0 Å². The third-order valence-electron chi connectivity index (χ3n) is 5.71. The summed E-state index contributed by atoms with van der Waals surface area (Å²) in [6.07, 6.45) is 2.86. The summed E-state index contributed by atoms with van der Waals surface area (Å²) in [5.74, 6) is -0.568. The smallest absolute Gasteiger partial charge is 0.246 e. The summed E-state index contributed by atoms with van der Waals surface area (Å²) < 4.78 is 29.6. The van der Waals surface area contributed by atoms with Crippen LogP contribution in [0.3, 0.4) is 0 Å². The van der Waals surface area contributed by atoms with E-state index < -0.39 is 15.9 Å². The molecule has 33 heavy (non-hydrogen) atoms. The molecule has 0 bridgehead atoms. The van der Waals surface area contributed by atoms with Gasteiger partial charge in [-0.05, 0) is 51.0 Å². The molecular formula is C24H28N4O3S2. The van der Waals surface area contributed by atoms with Crippen LogP contribution in [0, 0.1) is 12.8 Å². The van der Waals surface area contributed by atoms with E-state index in [0.717, 1.165) is 15.5 Å². The third-order valence-corrected chi connectivity index (χ3v) is 8.77. The molecule has 0 saturated carbocycles. The van der Waals surface area contributed by atoms with Crippen LogP contribution in [0.2, 0.25) is 0 Å². The lowest BCUT2D eigenvalue weighted by atomic mass is 9.99. The van der Waals surface area contributed by atoms with Crippen molar-refractivity contribution in [3.63, 3.8) is 0 Å². The predicted molar refractivity (Wildman–Crippen MR) is 130 cm³/mol. The Morgan fingerprint density at radius 2 is 1.88 bits per heavy atom. The van der Waals surface area contributed by atoms with Gasteiger partial charge in [0.1, 0.15) is 4.90 Å². The van der Waals surface area contributed by atoms with Gasteiger partial charge in [-0.1, -0.05) is 42.1 Å². The fourth-order valence-electron chi connectivity index (χ4n) is 3.94. The molecule has 1 aliphatic rings. The maximum atomic E-state index is 13.3. The Labute approximate surface area is 199 Å². The van der Waals surface area contributed by atoms with E-state index in [0.29, 0.717) is 31.6 Å². The highest BCUT2D eigenvalue weighted by molar-refractivity contribution is 7.99. The van der Waals surface area contributed by atoms with Gasteiger partial charge in [0.05, 0.1) is 17.3 Å². The minimum atomic E-state index is -3.70. The number of para-hydroxylation sites is 1. The molecule has 0 aliphatic carbocycles. The zero-order valence-corrected chi connectivity index (χ0v) is 20.4. The van der Waals surface area contributed by atoms with Crippen molar-refractivity contribution >= 4 is 33.4 Å². The Morgan fingerprint density at radius 3 is 2.61 bits per heavy atom. The average Bonchev–Trinajstić information content (AvgIpc) is 3.22. The Kier molecular flexibility index (Phi) is 7.21. The lowest BCUT2D eigenvalue weighted by molar-refractivity contribution is -0.120. The number of rotatable bonds is 7. The molecule has 7 nitrogen and oxygen atoms in total. The second-order valence-electron chi connectivity index (χ2n) is 8.04. The van der Waals surface area contributed by atoms with Crippen LogP contribution < -0.4 is 5.32 Å². The normalized spacial score (nSPS) is 17.1. The van der Waals surface area contributed by atoms with Crippen LogP contribution in [-0.4, -0.2) is 41.5 Å². The molecule has 1 aliphatic heterocycles. The second kappa shape index (κ2) is 10.1. The summed E-state index contributed by atoms with van der Waals surface area (Å²) >= 11 is 1.58. The molecule has 3 aromatic rings. The Balaban J connectivity index is 1.48. The summed E-state index contributed by atoms with van der Waals surface area (Å²) in [6, 6.07) is 17.6. The zero-order chi connectivity index (χ0) is 23.4. The summed E-state index contributed by atoms with van der Waals surface area (Å²) in [5.41, 5.74) is 1.21. The highest BCUT2D eigenvalue weighted by atomic mass is 32.2. The van der Waals surface area contributed by atoms with E-state index in [1.54, 1.807) is 29.6 Å². The van der Waals surface area contributed by atoms with Gasteiger partial charge in [-0.2, -0.15) is 9.40 Å². The number of aryl methyl sites for hydroxylation is 2. The van der Waals surface area contributed by atoms with Crippen LogP contribution in [0.25, 0.3) is 0 Å². The fourth-order valence-corrected chi connectivity index (χ4v) is 6.55. The Bertz CT molecular complexity index is 1230. The van der Waals surface area contributed by atoms with Crippen LogP contribution in [0.1, 0.15) is 25.5 Å². The maximum absolute atomic E-state index is 13.3. The highest BCUT2D eigenvalue weighted by Gasteiger charge is 2.35. The molecule has 1 N–H and O–H groups in total. The molecule has 9 heteroatoms. The molecule has 174 valence electrons. The van der Waals surface area contributed by atoms with E-state index in [4.69, 9.17) is 0 Å². The summed E-state index contributed by atoms with van der Waals surface area (Å²) in [6.45, 7) is 4.79. The van der Waals surface area contributed by atoms with Crippen LogP contribution >= 0.6 is 11.8 Å². The van der Waals surface area contributed by atoms with Crippen LogP contribution in [0.15, 0.2) is 75.5 Å². The number of aromatic nitrogens is 2. The molecule has 0 spiro atoms. The molecule has 2 heterocycles. The van der Waals surface area contributed by atoms with Gasteiger partial charge < -0.3 is 5.32 Å². The van der Waals surface area contributed by atoms with Gasteiger partial charge in [-0.3, -0.25) is 9.48 Å². The molecule has 2 aromatic carbocycles. The van der Waals surface area contributed by atoms with Gasteiger partial charge in [0.15, 0.2) is 0 Å². The lowest BCUT2D eigenvalue weighted by Crippen LogP contribution is -2.43. The number of carbonyl (C=O) groups excluding carboxylic acids is 1. The number of carbonyl (C=O) groups is 1. The van der Waals surface area contributed by atoms with Crippen molar-refractivity contribution in [2.75, 3.05) is 18.4 Å². The quantitative estimate of drug-likeness (QED) is 0.537. The van der Waals surface area contributed by atoms with Crippen molar-refractivity contribution < 1.29 is 13.2 Å². The standard InChI is InChI=1S/C24H28N4O3S2/c1-3-27-17-23(18(2)26-27)33(30,31)28-15-9-10-19(16-28)24(29)25-21-13-7-8-14-22(21)32-20-11-5-4-6-12-20/h4-8,11-14,17,19H,3,9-10,15-16H2,1-2H3,(H,25,29)/t19-/m0/s1. The molecule has 1 amide bonds. The number of sulfonamides is 1. The zero-order valence-electron chi connectivity index (χ0n) is 18.8. The van der Waals surface area contributed by atoms with Crippen LogP contribution in [0.5, 0.6) is 0 Å². The van der Waals surface area contributed by atoms with Gasteiger partial charge in [0.25, 0.3) is 0 Å². The number of anilines is 1. The number of piperidine rings is 1. The Hall–Kier alpha value is -2.62. The summed E-state index contributed by atoms with van der Waals surface area (Å²) in [7, 11) is -3.70. The summed E-state index contributed by atoms with van der Waals surface area (Å²) in [5, 5.41) is 7.31. The number of hydrogen-bond acceptors (Lipinski definition) is 5. The fraction of sp³-hybridized carbons (Fsp3) is 0.333. The minimum absolute atomic E-state index is 0.156. The number of hydrogen-bond donors (Lipinski definition) is 1. The third kappa shape index (κ3) is 5.31. The lowest BCUT2D eigenvalue weighted by Gasteiger charge is -2.31.